The highest BCUT2D eigenvalue weighted by Crippen LogP contribution is 2.13. The third kappa shape index (κ3) is 4.57. The van der Waals surface area contributed by atoms with Crippen LogP contribution in [0.5, 0.6) is 0 Å². The lowest BCUT2D eigenvalue weighted by Gasteiger charge is -2.18. The van der Waals surface area contributed by atoms with E-state index in [1.54, 1.807) is 18.2 Å². The Morgan fingerprint density at radius 3 is 2.39 bits per heavy atom. The van der Waals surface area contributed by atoms with E-state index >= 15 is 0 Å². The molecule has 0 aliphatic heterocycles. The summed E-state index contributed by atoms with van der Waals surface area (Å²) in [6.07, 6.45) is -0.893. The number of ether oxygens (including phenoxy) is 1. The Kier molecular flexibility index (Phi) is 5.36. The SMILES string of the molecule is C[C@H](NC(=O)[C@@H](C)OC(=O)c1cccc(N)c1)c1ccccc1. The Labute approximate surface area is 135 Å². The van der Waals surface area contributed by atoms with E-state index in [9.17, 15) is 9.59 Å². The number of esters is 1. The Hall–Kier alpha value is -2.82. The first-order valence-electron chi connectivity index (χ1n) is 7.39. The van der Waals surface area contributed by atoms with Crippen molar-refractivity contribution < 1.29 is 14.3 Å². The molecule has 0 aliphatic carbocycles. The average molecular weight is 312 g/mol. The Bertz CT molecular complexity index is 686. The van der Waals surface area contributed by atoms with E-state index in [1.807, 2.05) is 37.3 Å². The predicted octanol–water partition coefficient (Wildman–Crippen LogP) is 2.69. The van der Waals surface area contributed by atoms with Gasteiger partial charge in [0.25, 0.3) is 5.91 Å². The summed E-state index contributed by atoms with van der Waals surface area (Å²) in [7, 11) is 0. The third-order valence-electron chi connectivity index (χ3n) is 3.43. The number of nitrogens with two attached hydrogens (primary N) is 1. The number of benzene rings is 2. The normalized spacial score (nSPS) is 13.0. The summed E-state index contributed by atoms with van der Waals surface area (Å²) in [5, 5.41) is 2.82. The molecule has 5 nitrogen and oxygen atoms in total. The van der Waals surface area contributed by atoms with Crippen LogP contribution in [0.25, 0.3) is 0 Å². The number of carbonyl (C=O) groups excluding carboxylic acids is 2. The molecular weight excluding hydrogens is 292 g/mol. The van der Waals surface area contributed by atoms with Gasteiger partial charge >= 0.3 is 5.97 Å². The van der Waals surface area contributed by atoms with Crippen LogP contribution in [0.1, 0.15) is 35.8 Å². The van der Waals surface area contributed by atoms with Gasteiger partial charge in [0.2, 0.25) is 0 Å². The molecule has 0 unspecified atom stereocenters. The van der Waals surface area contributed by atoms with Crippen molar-refractivity contribution in [2.45, 2.75) is 26.0 Å². The van der Waals surface area contributed by atoms with Gasteiger partial charge in [-0.05, 0) is 37.6 Å². The summed E-state index contributed by atoms with van der Waals surface area (Å²) in [4.78, 5) is 24.2. The summed E-state index contributed by atoms with van der Waals surface area (Å²) in [5.74, 6) is -0.925. The number of hydrogen-bond donors (Lipinski definition) is 2. The zero-order valence-electron chi connectivity index (χ0n) is 13.2. The molecule has 0 aliphatic rings. The monoisotopic (exact) mass is 312 g/mol. The molecule has 0 spiro atoms. The van der Waals surface area contributed by atoms with Crippen LogP contribution in [0.3, 0.4) is 0 Å². The quantitative estimate of drug-likeness (QED) is 0.657. The van der Waals surface area contributed by atoms with Crippen molar-refractivity contribution in [2.75, 3.05) is 5.73 Å². The molecule has 0 aromatic heterocycles. The standard InChI is InChI=1S/C18H20N2O3/c1-12(14-7-4-3-5-8-14)20-17(21)13(2)23-18(22)15-9-6-10-16(19)11-15/h3-13H,19H2,1-2H3,(H,20,21)/t12-,13+/m0/s1. The molecule has 5 heteroatoms. The Morgan fingerprint density at radius 2 is 1.74 bits per heavy atom. The van der Waals surface area contributed by atoms with Crippen molar-refractivity contribution in [1.82, 2.24) is 5.32 Å². The zero-order valence-corrected chi connectivity index (χ0v) is 13.2. The third-order valence-corrected chi connectivity index (χ3v) is 3.43. The minimum absolute atomic E-state index is 0.169. The minimum atomic E-state index is -0.893. The van der Waals surface area contributed by atoms with Crippen LogP contribution >= 0.6 is 0 Å². The van der Waals surface area contributed by atoms with Crippen LogP contribution in [0.2, 0.25) is 0 Å². The lowest BCUT2D eigenvalue weighted by atomic mass is 10.1. The summed E-state index contributed by atoms with van der Waals surface area (Å²) >= 11 is 0. The number of rotatable bonds is 5. The zero-order chi connectivity index (χ0) is 16.8. The molecule has 2 aromatic carbocycles. The molecule has 0 heterocycles. The molecule has 120 valence electrons. The molecule has 0 bridgehead atoms. The van der Waals surface area contributed by atoms with Gasteiger partial charge in [0.1, 0.15) is 0 Å². The van der Waals surface area contributed by atoms with E-state index in [4.69, 9.17) is 10.5 Å². The van der Waals surface area contributed by atoms with E-state index in [2.05, 4.69) is 5.32 Å². The molecular formula is C18H20N2O3. The van der Waals surface area contributed by atoms with Crippen molar-refractivity contribution in [2.24, 2.45) is 0 Å². The van der Waals surface area contributed by atoms with Crippen LogP contribution in [0.4, 0.5) is 5.69 Å². The maximum atomic E-state index is 12.1. The van der Waals surface area contributed by atoms with Crippen LogP contribution in [0.15, 0.2) is 54.6 Å². The molecule has 0 saturated heterocycles. The second-order valence-corrected chi connectivity index (χ2v) is 5.31. The summed E-state index contributed by atoms with van der Waals surface area (Å²) in [5.41, 5.74) is 7.40. The largest absolute Gasteiger partial charge is 0.449 e. The van der Waals surface area contributed by atoms with E-state index in [-0.39, 0.29) is 11.9 Å². The van der Waals surface area contributed by atoms with Gasteiger partial charge in [-0.25, -0.2) is 4.79 Å². The lowest BCUT2D eigenvalue weighted by molar-refractivity contribution is -0.129. The minimum Gasteiger partial charge on any atom is -0.449 e. The first-order chi connectivity index (χ1) is 11.0. The Morgan fingerprint density at radius 1 is 1.04 bits per heavy atom. The number of nitrogen functional groups attached to an aromatic ring is 1. The number of nitrogens with one attached hydrogen (secondary N) is 1. The maximum absolute atomic E-state index is 12.1. The lowest BCUT2D eigenvalue weighted by Crippen LogP contribution is -2.37. The fourth-order valence-corrected chi connectivity index (χ4v) is 2.10. The van der Waals surface area contributed by atoms with Gasteiger partial charge in [0.05, 0.1) is 11.6 Å². The second-order valence-electron chi connectivity index (χ2n) is 5.31. The fourth-order valence-electron chi connectivity index (χ4n) is 2.10. The molecule has 2 rings (SSSR count). The van der Waals surface area contributed by atoms with E-state index in [0.29, 0.717) is 11.3 Å². The highest BCUT2D eigenvalue weighted by molar-refractivity contribution is 5.93. The first-order valence-corrected chi connectivity index (χ1v) is 7.39. The summed E-state index contributed by atoms with van der Waals surface area (Å²) in [6, 6.07) is 15.8. The maximum Gasteiger partial charge on any atom is 0.338 e. The molecule has 1 amide bonds. The van der Waals surface area contributed by atoms with Crippen molar-refractivity contribution in [3.63, 3.8) is 0 Å². The first kappa shape index (κ1) is 16.5. The topological polar surface area (TPSA) is 81.4 Å². The summed E-state index contributed by atoms with van der Waals surface area (Å²) < 4.78 is 5.18. The van der Waals surface area contributed by atoms with Gasteiger partial charge in [0.15, 0.2) is 6.10 Å². The number of hydrogen-bond acceptors (Lipinski definition) is 4. The second kappa shape index (κ2) is 7.45. The predicted molar refractivity (Wildman–Crippen MR) is 88.7 cm³/mol. The molecule has 2 atom stereocenters. The number of amides is 1. The van der Waals surface area contributed by atoms with Crippen LogP contribution in [0, 0.1) is 0 Å². The van der Waals surface area contributed by atoms with Crippen molar-refractivity contribution >= 4 is 17.6 Å². The number of carbonyl (C=O) groups is 2. The molecule has 2 aromatic rings. The van der Waals surface area contributed by atoms with Gasteiger partial charge in [-0.15, -0.1) is 0 Å². The van der Waals surface area contributed by atoms with Gasteiger partial charge in [-0.1, -0.05) is 36.4 Å². The van der Waals surface area contributed by atoms with Gasteiger partial charge < -0.3 is 15.8 Å². The van der Waals surface area contributed by atoms with Crippen molar-refractivity contribution in [3.8, 4) is 0 Å². The molecule has 0 saturated carbocycles. The molecule has 0 fully saturated rings. The van der Waals surface area contributed by atoms with Crippen molar-refractivity contribution in [1.29, 1.82) is 0 Å². The summed E-state index contributed by atoms with van der Waals surface area (Å²) in [6.45, 7) is 3.41. The highest BCUT2D eigenvalue weighted by Gasteiger charge is 2.20. The van der Waals surface area contributed by atoms with Crippen LogP contribution in [-0.2, 0) is 9.53 Å². The molecule has 0 radical (unpaired) electrons. The Balaban J connectivity index is 1.93. The van der Waals surface area contributed by atoms with Crippen molar-refractivity contribution in [3.05, 3.63) is 65.7 Å². The molecule has 3 N–H and O–H groups in total. The molecule has 23 heavy (non-hydrogen) atoms. The van der Waals surface area contributed by atoms with E-state index in [0.717, 1.165) is 5.56 Å². The van der Waals surface area contributed by atoms with Gasteiger partial charge in [-0.2, -0.15) is 0 Å². The van der Waals surface area contributed by atoms with E-state index < -0.39 is 12.1 Å². The fraction of sp³-hybridized carbons (Fsp3) is 0.222. The van der Waals surface area contributed by atoms with Crippen LogP contribution in [-0.4, -0.2) is 18.0 Å². The smallest absolute Gasteiger partial charge is 0.338 e. The van der Waals surface area contributed by atoms with Gasteiger partial charge in [-0.3, -0.25) is 4.79 Å². The number of anilines is 1. The van der Waals surface area contributed by atoms with Gasteiger partial charge in [0, 0.05) is 5.69 Å². The average Bonchev–Trinajstić information content (AvgIpc) is 2.55. The van der Waals surface area contributed by atoms with Crippen LogP contribution < -0.4 is 11.1 Å². The highest BCUT2D eigenvalue weighted by atomic mass is 16.5. The van der Waals surface area contributed by atoms with E-state index in [1.165, 1.54) is 13.0 Å².